The van der Waals surface area contributed by atoms with Gasteiger partial charge in [0, 0.05) is 36.8 Å². The third-order valence-corrected chi connectivity index (χ3v) is 2.97. The lowest BCUT2D eigenvalue weighted by molar-refractivity contribution is 0.422. The zero-order valence-electron chi connectivity index (χ0n) is 8.81. The van der Waals surface area contributed by atoms with E-state index >= 15 is 0 Å². The molecule has 1 aliphatic heterocycles. The molecule has 0 saturated heterocycles. The predicted octanol–water partition coefficient (Wildman–Crippen LogP) is 1.11. The molecule has 72 valence electrons. The van der Waals surface area contributed by atoms with Gasteiger partial charge in [-0.2, -0.15) is 5.10 Å². The van der Waals surface area contributed by atoms with Gasteiger partial charge >= 0.3 is 0 Å². The summed E-state index contributed by atoms with van der Waals surface area (Å²) in [7, 11) is 2.02. The van der Waals surface area contributed by atoms with Crippen LogP contribution >= 0.6 is 0 Å². The molecular formula is C10H17N3. The number of aryl methyl sites for hydroxylation is 1. The van der Waals surface area contributed by atoms with Crippen molar-refractivity contribution in [1.82, 2.24) is 15.1 Å². The van der Waals surface area contributed by atoms with Gasteiger partial charge in [0.25, 0.3) is 0 Å². The predicted molar refractivity (Wildman–Crippen MR) is 52.7 cm³/mol. The van der Waals surface area contributed by atoms with Crippen LogP contribution in [0, 0.1) is 6.92 Å². The molecule has 2 rings (SSSR count). The number of rotatable bonds is 0. The van der Waals surface area contributed by atoms with Gasteiger partial charge in [0.05, 0.1) is 5.69 Å². The minimum absolute atomic E-state index is 0.180. The van der Waals surface area contributed by atoms with Gasteiger partial charge < -0.3 is 5.32 Å². The van der Waals surface area contributed by atoms with Crippen LogP contribution in [0.15, 0.2) is 0 Å². The molecular weight excluding hydrogens is 162 g/mol. The Balaban J connectivity index is 2.59. The molecule has 0 saturated carbocycles. The van der Waals surface area contributed by atoms with Crippen LogP contribution in [0.2, 0.25) is 0 Å². The van der Waals surface area contributed by atoms with Crippen LogP contribution in [0.25, 0.3) is 0 Å². The van der Waals surface area contributed by atoms with E-state index in [0.717, 1.165) is 13.1 Å². The zero-order chi connectivity index (χ0) is 9.64. The molecule has 0 fully saturated rings. The molecule has 0 atom stereocenters. The summed E-state index contributed by atoms with van der Waals surface area (Å²) in [4.78, 5) is 0. The fourth-order valence-corrected chi connectivity index (χ4v) is 1.99. The highest BCUT2D eigenvalue weighted by Gasteiger charge is 2.31. The second-order valence-corrected chi connectivity index (χ2v) is 4.52. The van der Waals surface area contributed by atoms with E-state index in [1.165, 1.54) is 17.0 Å². The first kappa shape index (κ1) is 8.75. The van der Waals surface area contributed by atoms with Crippen molar-refractivity contribution in [2.24, 2.45) is 7.05 Å². The molecule has 0 radical (unpaired) electrons. The van der Waals surface area contributed by atoms with Gasteiger partial charge in [-0.1, -0.05) is 13.8 Å². The van der Waals surface area contributed by atoms with Gasteiger partial charge in [-0.05, 0) is 6.92 Å². The fraction of sp³-hybridized carbons (Fsp3) is 0.700. The number of hydrogen-bond acceptors (Lipinski definition) is 2. The monoisotopic (exact) mass is 179 g/mol. The maximum Gasteiger partial charge on any atom is 0.0741 e. The van der Waals surface area contributed by atoms with Crippen LogP contribution in [0.1, 0.15) is 30.8 Å². The summed E-state index contributed by atoms with van der Waals surface area (Å²) in [5.41, 5.74) is 4.12. The van der Waals surface area contributed by atoms with Gasteiger partial charge in [-0.15, -0.1) is 0 Å². The van der Waals surface area contributed by atoms with E-state index in [9.17, 15) is 0 Å². The summed E-state index contributed by atoms with van der Waals surface area (Å²) in [6.07, 6.45) is 0. The summed E-state index contributed by atoms with van der Waals surface area (Å²) < 4.78 is 1.99. The van der Waals surface area contributed by atoms with Crippen molar-refractivity contribution in [3.05, 3.63) is 17.0 Å². The van der Waals surface area contributed by atoms with E-state index < -0.39 is 0 Å². The number of aromatic nitrogens is 2. The van der Waals surface area contributed by atoms with E-state index in [1.54, 1.807) is 0 Å². The van der Waals surface area contributed by atoms with Crippen molar-refractivity contribution >= 4 is 0 Å². The molecule has 1 aromatic heterocycles. The molecule has 3 nitrogen and oxygen atoms in total. The summed E-state index contributed by atoms with van der Waals surface area (Å²) in [5.74, 6) is 0. The topological polar surface area (TPSA) is 29.9 Å². The highest BCUT2D eigenvalue weighted by molar-refractivity contribution is 5.33. The molecule has 2 heterocycles. The Morgan fingerprint density at radius 2 is 2.15 bits per heavy atom. The second kappa shape index (κ2) is 2.58. The number of nitrogens with zero attached hydrogens (tertiary/aromatic N) is 2. The van der Waals surface area contributed by atoms with E-state index in [4.69, 9.17) is 0 Å². The van der Waals surface area contributed by atoms with E-state index in [2.05, 4.69) is 31.2 Å². The third kappa shape index (κ3) is 1.18. The van der Waals surface area contributed by atoms with Gasteiger partial charge in [0.2, 0.25) is 0 Å². The van der Waals surface area contributed by atoms with Gasteiger partial charge in [0.15, 0.2) is 0 Å². The summed E-state index contributed by atoms with van der Waals surface area (Å²) in [6, 6.07) is 0. The van der Waals surface area contributed by atoms with Crippen LogP contribution in [0.4, 0.5) is 0 Å². The van der Waals surface area contributed by atoms with Crippen LogP contribution in [-0.4, -0.2) is 16.3 Å². The first-order chi connectivity index (χ1) is 6.02. The zero-order valence-corrected chi connectivity index (χ0v) is 8.81. The Morgan fingerprint density at radius 3 is 2.77 bits per heavy atom. The molecule has 0 amide bonds. The summed E-state index contributed by atoms with van der Waals surface area (Å²) >= 11 is 0. The van der Waals surface area contributed by atoms with Crippen molar-refractivity contribution in [1.29, 1.82) is 0 Å². The highest BCUT2D eigenvalue weighted by atomic mass is 15.3. The lowest BCUT2D eigenvalue weighted by Crippen LogP contribution is -2.38. The molecule has 1 aromatic rings. The fourth-order valence-electron chi connectivity index (χ4n) is 1.99. The number of fused-ring (bicyclic) bond motifs is 1. The van der Waals surface area contributed by atoms with Crippen LogP contribution in [-0.2, 0) is 19.0 Å². The van der Waals surface area contributed by atoms with Crippen molar-refractivity contribution in [3.8, 4) is 0 Å². The van der Waals surface area contributed by atoms with Gasteiger partial charge in [-0.25, -0.2) is 0 Å². The normalized spacial score (nSPS) is 20.0. The highest BCUT2D eigenvalue weighted by Crippen LogP contribution is 2.29. The number of nitrogens with one attached hydrogen (secondary N) is 1. The summed E-state index contributed by atoms with van der Waals surface area (Å²) in [6.45, 7) is 8.61. The number of hydrogen-bond donors (Lipinski definition) is 1. The van der Waals surface area contributed by atoms with Gasteiger partial charge in [0.1, 0.15) is 0 Å². The van der Waals surface area contributed by atoms with Crippen molar-refractivity contribution in [2.45, 2.75) is 32.7 Å². The van der Waals surface area contributed by atoms with E-state index in [0.29, 0.717) is 0 Å². The van der Waals surface area contributed by atoms with Crippen molar-refractivity contribution in [3.63, 3.8) is 0 Å². The summed E-state index contributed by atoms with van der Waals surface area (Å²) in [5, 5.41) is 8.01. The molecule has 13 heavy (non-hydrogen) atoms. The molecule has 0 aromatic carbocycles. The van der Waals surface area contributed by atoms with E-state index in [1.807, 2.05) is 11.7 Å². The molecule has 0 spiro atoms. The molecule has 0 unspecified atom stereocenters. The lowest BCUT2D eigenvalue weighted by atomic mass is 9.84. The van der Waals surface area contributed by atoms with Crippen LogP contribution in [0.5, 0.6) is 0 Å². The van der Waals surface area contributed by atoms with Crippen LogP contribution in [0.3, 0.4) is 0 Å². The quantitative estimate of drug-likeness (QED) is 0.646. The molecule has 0 bridgehead atoms. The largest absolute Gasteiger partial charge is 0.312 e. The second-order valence-electron chi connectivity index (χ2n) is 4.52. The Hall–Kier alpha value is -0.830. The minimum atomic E-state index is 0.180. The Morgan fingerprint density at radius 1 is 1.46 bits per heavy atom. The smallest absolute Gasteiger partial charge is 0.0741 e. The first-order valence-electron chi connectivity index (χ1n) is 4.76. The average Bonchev–Trinajstić information content (AvgIpc) is 2.32. The van der Waals surface area contributed by atoms with Gasteiger partial charge in [-0.3, -0.25) is 4.68 Å². The van der Waals surface area contributed by atoms with E-state index in [-0.39, 0.29) is 5.41 Å². The average molecular weight is 179 g/mol. The Kier molecular flexibility index (Phi) is 1.74. The minimum Gasteiger partial charge on any atom is -0.312 e. The standard InChI is InChI=1S/C10H17N3/c1-7-8-5-11-6-10(2,3)9(8)12-13(7)4/h11H,5-6H2,1-4H3. The third-order valence-electron chi connectivity index (χ3n) is 2.97. The maximum atomic E-state index is 4.58. The molecule has 3 heteroatoms. The SMILES string of the molecule is Cc1c2c(nn1C)C(C)(C)CNC2. The lowest BCUT2D eigenvalue weighted by Gasteiger charge is -2.29. The maximum absolute atomic E-state index is 4.58. The molecule has 0 aliphatic carbocycles. The Bertz CT molecular complexity index is 336. The Labute approximate surface area is 79.1 Å². The molecule has 1 N–H and O–H groups in total. The first-order valence-corrected chi connectivity index (χ1v) is 4.76. The van der Waals surface area contributed by atoms with Crippen molar-refractivity contribution < 1.29 is 0 Å². The van der Waals surface area contributed by atoms with Crippen molar-refractivity contribution in [2.75, 3.05) is 6.54 Å². The molecule has 1 aliphatic rings. The van der Waals surface area contributed by atoms with Crippen LogP contribution < -0.4 is 5.32 Å².